The Labute approximate surface area is 173 Å². The number of rotatable bonds is 12. The van der Waals surface area contributed by atoms with Crippen LogP contribution in [-0.4, -0.2) is 74.0 Å². The Kier molecular flexibility index (Phi) is 10.7. The van der Waals surface area contributed by atoms with Gasteiger partial charge in [0, 0.05) is 13.1 Å². The fraction of sp³-hybridized carbons (Fsp3) is 0.667. The van der Waals surface area contributed by atoms with Crippen molar-refractivity contribution in [2.24, 2.45) is 5.92 Å². The van der Waals surface area contributed by atoms with E-state index in [-0.39, 0.29) is 18.5 Å². The number of aliphatic hydroxyl groups is 1. The van der Waals surface area contributed by atoms with Crippen molar-refractivity contribution in [1.82, 2.24) is 10.2 Å². The van der Waals surface area contributed by atoms with Crippen molar-refractivity contribution < 1.29 is 19.4 Å². The van der Waals surface area contributed by atoms with Gasteiger partial charge in [-0.2, -0.15) is 11.8 Å². The molecule has 6 nitrogen and oxygen atoms in total. The first-order chi connectivity index (χ1) is 13.6. The molecule has 0 amide bonds. The Morgan fingerprint density at radius 3 is 2.89 bits per heavy atom. The van der Waals surface area contributed by atoms with Crippen LogP contribution in [0.4, 0.5) is 0 Å². The SMILES string of the molecule is COC(=O)C1CCN(C[C@H](O)COc2cccc(CNCCCSC)c2)CC1. The van der Waals surface area contributed by atoms with E-state index in [0.29, 0.717) is 6.54 Å². The number of likely N-dealkylation sites (tertiary alicyclic amines) is 1. The van der Waals surface area contributed by atoms with E-state index in [1.165, 1.54) is 24.8 Å². The monoisotopic (exact) mass is 410 g/mol. The molecule has 158 valence electrons. The highest BCUT2D eigenvalue weighted by Crippen LogP contribution is 2.19. The maximum atomic E-state index is 11.6. The number of piperidine rings is 1. The molecule has 1 heterocycles. The van der Waals surface area contributed by atoms with E-state index >= 15 is 0 Å². The molecule has 1 fully saturated rings. The van der Waals surface area contributed by atoms with Gasteiger partial charge in [-0.1, -0.05) is 12.1 Å². The van der Waals surface area contributed by atoms with Crippen molar-refractivity contribution in [1.29, 1.82) is 0 Å². The highest BCUT2D eigenvalue weighted by atomic mass is 32.2. The molecule has 0 spiro atoms. The summed E-state index contributed by atoms with van der Waals surface area (Å²) >= 11 is 1.87. The number of carbonyl (C=O) groups excluding carboxylic acids is 1. The van der Waals surface area contributed by atoms with Crippen molar-refractivity contribution >= 4 is 17.7 Å². The number of methoxy groups -OCH3 is 1. The molecular weight excluding hydrogens is 376 g/mol. The molecule has 2 rings (SSSR count). The van der Waals surface area contributed by atoms with Gasteiger partial charge in [-0.25, -0.2) is 0 Å². The summed E-state index contributed by atoms with van der Waals surface area (Å²) in [5, 5.41) is 13.7. The van der Waals surface area contributed by atoms with Crippen LogP contribution in [0.5, 0.6) is 5.75 Å². The Morgan fingerprint density at radius 2 is 2.18 bits per heavy atom. The van der Waals surface area contributed by atoms with Gasteiger partial charge >= 0.3 is 5.97 Å². The van der Waals surface area contributed by atoms with Crippen molar-refractivity contribution in [3.63, 3.8) is 0 Å². The lowest BCUT2D eigenvalue weighted by Crippen LogP contribution is -2.42. The molecule has 1 saturated heterocycles. The molecule has 1 aliphatic heterocycles. The number of esters is 1. The molecule has 0 bridgehead atoms. The third-order valence-corrected chi connectivity index (χ3v) is 5.66. The zero-order valence-electron chi connectivity index (χ0n) is 17.1. The zero-order chi connectivity index (χ0) is 20.2. The van der Waals surface area contributed by atoms with Crippen LogP contribution in [-0.2, 0) is 16.1 Å². The van der Waals surface area contributed by atoms with E-state index in [1.807, 2.05) is 30.0 Å². The number of nitrogens with zero attached hydrogens (tertiary/aromatic N) is 1. The lowest BCUT2D eigenvalue weighted by atomic mass is 9.97. The van der Waals surface area contributed by atoms with Gasteiger partial charge in [0.15, 0.2) is 0 Å². The quantitative estimate of drug-likeness (QED) is 0.404. The van der Waals surface area contributed by atoms with Crippen molar-refractivity contribution in [2.45, 2.75) is 31.9 Å². The van der Waals surface area contributed by atoms with Crippen LogP contribution in [0.25, 0.3) is 0 Å². The minimum Gasteiger partial charge on any atom is -0.491 e. The molecule has 0 unspecified atom stereocenters. The zero-order valence-corrected chi connectivity index (χ0v) is 17.9. The Hall–Kier alpha value is -1.28. The lowest BCUT2D eigenvalue weighted by Gasteiger charge is -2.31. The van der Waals surface area contributed by atoms with Crippen molar-refractivity contribution in [2.75, 3.05) is 51.9 Å². The summed E-state index contributed by atoms with van der Waals surface area (Å²) in [5.41, 5.74) is 1.18. The van der Waals surface area contributed by atoms with Crippen molar-refractivity contribution in [3.05, 3.63) is 29.8 Å². The maximum Gasteiger partial charge on any atom is 0.308 e. The molecule has 1 aromatic rings. The second kappa shape index (κ2) is 13.0. The Balaban J connectivity index is 1.66. The first-order valence-corrected chi connectivity index (χ1v) is 11.4. The summed E-state index contributed by atoms with van der Waals surface area (Å²) in [6.07, 6.45) is 4.31. The largest absolute Gasteiger partial charge is 0.491 e. The fourth-order valence-electron chi connectivity index (χ4n) is 3.38. The number of carbonyl (C=O) groups is 1. The van der Waals surface area contributed by atoms with Crippen LogP contribution in [0.2, 0.25) is 0 Å². The van der Waals surface area contributed by atoms with Gasteiger partial charge in [-0.3, -0.25) is 4.79 Å². The van der Waals surface area contributed by atoms with Crippen LogP contribution in [0.15, 0.2) is 24.3 Å². The molecule has 28 heavy (non-hydrogen) atoms. The van der Waals surface area contributed by atoms with Gasteiger partial charge in [0.25, 0.3) is 0 Å². The highest BCUT2D eigenvalue weighted by molar-refractivity contribution is 7.98. The Bertz CT molecular complexity index is 579. The van der Waals surface area contributed by atoms with Crippen LogP contribution in [0.3, 0.4) is 0 Å². The Morgan fingerprint density at radius 1 is 1.39 bits per heavy atom. The molecule has 0 radical (unpaired) electrons. The molecular formula is C21H34N2O4S. The predicted molar refractivity (Wildman–Crippen MR) is 114 cm³/mol. The smallest absolute Gasteiger partial charge is 0.308 e. The van der Waals surface area contributed by atoms with E-state index in [2.05, 4.69) is 22.5 Å². The molecule has 0 saturated carbocycles. The number of ether oxygens (including phenoxy) is 2. The van der Waals surface area contributed by atoms with Crippen LogP contribution >= 0.6 is 11.8 Å². The molecule has 2 N–H and O–H groups in total. The minimum absolute atomic E-state index is 0.00767. The molecule has 0 aliphatic carbocycles. The van der Waals surface area contributed by atoms with E-state index < -0.39 is 6.10 Å². The average molecular weight is 411 g/mol. The normalized spacial score (nSPS) is 16.7. The molecule has 1 atom stereocenters. The number of hydrogen-bond donors (Lipinski definition) is 2. The van der Waals surface area contributed by atoms with Gasteiger partial charge < -0.3 is 24.8 Å². The first-order valence-electron chi connectivity index (χ1n) is 10.0. The topological polar surface area (TPSA) is 71.0 Å². The van der Waals surface area contributed by atoms with Gasteiger partial charge in [-0.05, 0) is 68.6 Å². The number of benzene rings is 1. The summed E-state index contributed by atoms with van der Waals surface area (Å²) < 4.78 is 10.6. The molecule has 1 aromatic carbocycles. The van der Waals surface area contributed by atoms with Crippen molar-refractivity contribution in [3.8, 4) is 5.75 Å². The number of thioether (sulfide) groups is 1. The summed E-state index contributed by atoms with van der Waals surface area (Å²) in [4.78, 5) is 13.8. The summed E-state index contributed by atoms with van der Waals surface area (Å²) in [6, 6.07) is 8.01. The lowest BCUT2D eigenvalue weighted by molar-refractivity contribution is -0.147. The summed E-state index contributed by atoms with van der Waals surface area (Å²) in [7, 11) is 1.44. The second-order valence-electron chi connectivity index (χ2n) is 7.23. The molecule has 0 aromatic heterocycles. The van der Waals surface area contributed by atoms with Gasteiger partial charge in [0.1, 0.15) is 18.5 Å². The third kappa shape index (κ3) is 8.39. The van der Waals surface area contributed by atoms with E-state index in [4.69, 9.17) is 9.47 Å². The van der Waals surface area contributed by atoms with Crippen LogP contribution in [0, 0.1) is 5.92 Å². The number of nitrogens with one attached hydrogen (secondary N) is 1. The van der Waals surface area contributed by atoms with E-state index in [9.17, 15) is 9.90 Å². The number of aliphatic hydroxyl groups excluding tert-OH is 1. The third-order valence-electron chi connectivity index (χ3n) is 4.96. The number of β-amino-alcohol motifs (C(OH)–C–C–N with tert-alkyl or cyclic N) is 1. The van der Waals surface area contributed by atoms with E-state index in [0.717, 1.165) is 44.8 Å². The van der Waals surface area contributed by atoms with Gasteiger partial charge in [0.05, 0.1) is 13.0 Å². The van der Waals surface area contributed by atoms with Crippen LogP contribution in [0.1, 0.15) is 24.8 Å². The predicted octanol–water partition coefficient (Wildman–Crippen LogP) is 2.15. The van der Waals surface area contributed by atoms with Gasteiger partial charge in [-0.15, -0.1) is 0 Å². The average Bonchev–Trinajstić information content (AvgIpc) is 2.72. The number of hydrogen-bond acceptors (Lipinski definition) is 7. The fourth-order valence-corrected chi connectivity index (χ4v) is 3.81. The van der Waals surface area contributed by atoms with E-state index in [1.54, 1.807) is 0 Å². The molecule has 7 heteroatoms. The molecule has 1 aliphatic rings. The highest BCUT2D eigenvalue weighted by Gasteiger charge is 2.26. The summed E-state index contributed by atoms with van der Waals surface area (Å²) in [6.45, 7) is 4.26. The minimum atomic E-state index is -0.553. The maximum absolute atomic E-state index is 11.6. The van der Waals surface area contributed by atoms with Gasteiger partial charge in [0.2, 0.25) is 0 Å². The standard InChI is InChI=1S/C21H34N2O4S/c1-26-21(25)18-7-10-23(11-8-18)15-19(24)16-27-20-6-3-5-17(13-20)14-22-9-4-12-28-2/h3,5-6,13,18-19,22,24H,4,7-12,14-16H2,1-2H3/t19-/m0/s1. The summed E-state index contributed by atoms with van der Waals surface area (Å²) in [5.74, 6) is 1.83. The van der Waals surface area contributed by atoms with Crippen LogP contribution < -0.4 is 10.1 Å². The second-order valence-corrected chi connectivity index (χ2v) is 8.22. The first kappa shape index (κ1) is 23.0.